The number of nitrogens with one attached hydrogen (secondary N) is 1. The van der Waals surface area contributed by atoms with Crippen molar-refractivity contribution >= 4 is 33.0 Å². The van der Waals surface area contributed by atoms with Crippen LogP contribution in [-0.4, -0.2) is 31.5 Å². The maximum atomic E-state index is 12.8. The minimum absolute atomic E-state index is 0.0525. The lowest BCUT2D eigenvalue weighted by atomic mass is 10.0. The first kappa shape index (κ1) is 21.4. The first-order valence-corrected chi connectivity index (χ1v) is 10.4. The van der Waals surface area contributed by atoms with Crippen molar-refractivity contribution in [2.45, 2.75) is 33.7 Å². The molecular formula is C19H23N3O5S. The number of sulfonamides is 1. The summed E-state index contributed by atoms with van der Waals surface area (Å²) in [6.07, 6.45) is 0.956. The monoisotopic (exact) mass is 405 g/mol. The van der Waals surface area contributed by atoms with Gasteiger partial charge in [0, 0.05) is 17.8 Å². The molecule has 0 fully saturated rings. The van der Waals surface area contributed by atoms with Gasteiger partial charge in [0.05, 0.1) is 16.9 Å². The Kier molecular flexibility index (Phi) is 6.08. The van der Waals surface area contributed by atoms with E-state index < -0.39 is 26.9 Å². The van der Waals surface area contributed by atoms with Gasteiger partial charge in [-0.1, -0.05) is 23.8 Å². The van der Waals surface area contributed by atoms with Crippen molar-refractivity contribution in [2.24, 2.45) is 0 Å². The number of hydrogen-bond acceptors (Lipinski definition) is 5. The fraction of sp³-hybridized carbons (Fsp3) is 0.316. The largest absolute Gasteiger partial charge is 0.324 e. The molecule has 1 amide bonds. The number of hydrogen-bond donors (Lipinski definition) is 1. The van der Waals surface area contributed by atoms with Gasteiger partial charge in [0.25, 0.3) is 5.69 Å². The van der Waals surface area contributed by atoms with Gasteiger partial charge in [0.15, 0.2) is 0 Å². The number of nitro benzene ring substituents is 1. The quantitative estimate of drug-likeness (QED) is 0.586. The molecule has 0 spiro atoms. The number of anilines is 2. The number of benzene rings is 2. The maximum absolute atomic E-state index is 12.8. The highest BCUT2D eigenvalue weighted by Crippen LogP contribution is 2.27. The number of carbonyl (C=O) groups excluding carboxylic acids is 1. The molecule has 0 aliphatic rings. The lowest BCUT2D eigenvalue weighted by Gasteiger charge is -2.28. The lowest BCUT2D eigenvalue weighted by Crippen LogP contribution is -2.45. The zero-order chi connectivity index (χ0) is 21.2. The molecule has 0 aromatic heterocycles. The van der Waals surface area contributed by atoms with Crippen molar-refractivity contribution in [3.8, 4) is 0 Å². The van der Waals surface area contributed by atoms with E-state index in [1.165, 1.54) is 25.1 Å². The summed E-state index contributed by atoms with van der Waals surface area (Å²) < 4.78 is 25.6. The molecule has 1 unspecified atom stereocenters. The van der Waals surface area contributed by atoms with Crippen LogP contribution in [0.15, 0.2) is 36.4 Å². The van der Waals surface area contributed by atoms with Gasteiger partial charge in [-0.25, -0.2) is 8.42 Å². The fourth-order valence-electron chi connectivity index (χ4n) is 3.16. The van der Waals surface area contributed by atoms with Crippen molar-refractivity contribution in [3.63, 3.8) is 0 Å². The summed E-state index contributed by atoms with van der Waals surface area (Å²) in [5.41, 5.74) is 3.18. The Labute approximate surface area is 164 Å². The molecular weight excluding hydrogens is 382 g/mol. The molecule has 1 atom stereocenters. The smallest absolute Gasteiger partial charge is 0.271 e. The second kappa shape index (κ2) is 7.97. The third-order valence-corrected chi connectivity index (χ3v) is 5.55. The second-order valence-electron chi connectivity index (χ2n) is 6.77. The van der Waals surface area contributed by atoms with E-state index in [0.29, 0.717) is 5.69 Å². The van der Waals surface area contributed by atoms with Crippen LogP contribution < -0.4 is 9.62 Å². The molecule has 0 saturated carbocycles. The molecule has 8 nitrogen and oxygen atoms in total. The fourth-order valence-corrected chi connectivity index (χ4v) is 4.32. The van der Waals surface area contributed by atoms with Crippen molar-refractivity contribution in [2.75, 3.05) is 15.9 Å². The molecule has 2 aromatic rings. The van der Waals surface area contributed by atoms with Crippen LogP contribution in [0.25, 0.3) is 0 Å². The molecule has 28 heavy (non-hydrogen) atoms. The number of nitrogens with zero attached hydrogens (tertiary/aromatic N) is 2. The predicted molar refractivity (Wildman–Crippen MR) is 109 cm³/mol. The average Bonchev–Trinajstić information content (AvgIpc) is 2.56. The highest BCUT2D eigenvalue weighted by molar-refractivity contribution is 7.92. The topological polar surface area (TPSA) is 110 Å². The maximum Gasteiger partial charge on any atom is 0.271 e. The van der Waals surface area contributed by atoms with Crippen LogP contribution in [0.2, 0.25) is 0 Å². The predicted octanol–water partition coefficient (Wildman–Crippen LogP) is 3.31. The van der Waals surface area contributed by atoms with Gasteiger partial charge in [-0.2, -0.15) is 0 Å². The summed E-state index contributed by atoms with van der Waals surface area (Å²) in [6.45, 7) is 7.10. The average molecular weight is 405 g/mol. The van der Waals surface area contributed by atoms with Crippen LogP contribution >= 0.6 is 0 Å². The van der Waals surface area contributed by atoms with Crippen LogP contribution in [0.1, 0.15) is 23.6 Å². The summed E-state index contributed by atoms with van der Waals surface area (Å²) in [6, 6.07) is 7.91. The van der Waals surface area contributed by atoms with Gasteiger partial charge in [-0.05, 0) is 44.9 Å². The molecule has 150 valence electrons. The van der Waals surface area contributed by atoms with E-state index in [1.54, 1.807) is 0 Å². The third kappa shape index (κ3) is 4.66. The van der Waals surface area contributed by atoms with E-state index in [4.69, 9.17) is 0 Å². The molecule has 2 aromatic carbocycles. The minimum Gasteiger partial charge on any atom is -0.324 e. The third-order valence-electron chi connectivity index (χ3n) is 4.31. The van der Waals surface area contributed by atoms with Crippen molar-refractivity contribution in [3.05, 3.63) is 63.2 Å². The van der Waals surface area contributed by atoms with Crippen molar-refractivity contribution < 1.29 is 18.1 Å². The van der Waals surface area contributed by atoms with Crippen LogP contribution in [0.3, 0.4) is 0 Å². The molecule has 0 heterocycles. The first-order chi connectivity index (χ1) is 12.9. The van der Waals surface area contributed by atoms with Gasteiger partial charge in [-0.15, -0.1) is 0 Å². The van der Waals surface area contributed by atoms with Gasteiger partial charge < -0.3 is 5.32 Å². The molecule has 1 N–H and O–H groups in total. The first-order valence-electron chi connectivity index (χ1n) is 8.54. The summed E-state index contributed by atoms with van der Waals surface area (Å²) >= 11 is 0. The summed E-state index contributed by atoms with van der Waals surface area (Å²) in [7, 11) is -3.87. The second-order valence-corrected chi connectivity index (χ2v) is 8.63. The van der Waals surface area contributed by atoms with Crippen LogP contribution in [-0.2, 0) is 14.8 Å². The van der Waals surface area contributed by atoms with E-state index in [0.717, 1.165) is 33.3 Å². The standard InChI is InChI=1S/C19H23N3O5S/c1-12-9-13(2)18(14(3)10-12)20-19(23)15(4)21(28(5,26)27)16-7-6-8-17(11-16)22(24)25/h6-11,15H,1-5H3,(H,20,23). The number of carbonyl (C=O) groups is 1. The number of non-ortho nitro benzene ring substituents is 1. The van der Waals surface area contributed by atoms with E-state index in [-0.39, 0.29) is 11.4 Å². The number of aryl methyl sites for hydroxylation is 3. The summed E-state index contributed by atoms with van der Waals surface area (Å²) in [5.74, 6) is -0.535. The molecule has 0 aliphatic carbocycles. The molecule has 9 heteroatoms. The SMILES string of the molecule is Cc1cc(C)c(NC(=O)C(C)N(c2cccc([N+](=O)[O-])c2)S(C)(=O)=O)c(C)c1. The van der Waals surface area contributed by atoms with Crippen molar-refractivity contribution in [1.82, 2.24) is 0 Å². The van der Waals surface area contributed by atoms with Gasteiger partial charge in [-0.3, -0.25) is 19.2 Å². The Balaban J connectivity index is 2.42. The Morgan fingerprint density at radius 1 is 1.14 bits per heavy atom. The Bertz CT molecular complexity index is 1010. The molecule has 0 aliphatic heterocycles. The number of nitro groups is 1. The van der Waals surface area contributed by atoms with Gasteiger partial charge in [0.1, 0.15) is 6.04 Å². The molecule has 0 radical (unpaired) electrons. The van der Waals surface area contributed by atoms with E-state index in [1.807, 2.05) is 32.9 Å². The normalized spacial score (nSPS) is 12.3. The Hall–Kier alpha value is -2.94. The molecule has 0 saturated heterocycles. The highest BCUT2D eigenvalue weighted by Gasteiger charge is 2.30. The van der Waals surface area contributed by atoms with E-state index in [2.05, 4.69) is 5.32 Å². The van der Waals surface area contributed by atoms with Crippen molar-refractivity contribution in [1.29, 1.82) is 0 Å². The van der Waals surface area contributed by atoms with Gasteiger partial charge in [0.2, 0.25) is 15.9 Å². The highest BCUT2D eigenvalue weighted by atomic mass is 32.2. The summed E-state index contributed by atoms with van der Waals surface area (Å²) in [4.78, 5) is 23.2. The zero-order valence-corrected chi connectivity index (χ0v) is 17.2. The molecule has 0 bridgehead atoms. The minimum atomic E-state index is -3.87. The Morgan fingerprint density at radius 2 is 1.71 bits per heavy atom. The summed E-state index contributed by atoms with van der Waals surface area (Å²) in [5, 5.41) is 13.8. The number of rotatable bonds is 6. The Morgan fingerprint density at radius 3 is 2.21 bits per heavy atom. The van der Waals surface area contributed by atoms with Crippen LogP contribution in [0, 0.1) is 30.9 Å². The molecule has 2 rings (SSSR count). The number of amides is 1. The van der Waals surface area contributed by atoms with Gasteiger partial charge >= 0.3 is 0 Å². The van der Waals surface area contributed by atoms with E-state index in [9.17, 15) is 23.3 Å². The van der Waals surface area contributed by atoms with Crippen LogP contribution in [0.5, 0.6) is 0 Å². The van der Waals surface area contributed by atoms with E-state index >= 15 is 0 Å². The zero-order valence-electron chi connectivity index (χ0n) is 16.4. The van der Waals surface area contributed by atoms with Crippen LogP contribution in [0.4, 0.5) is 17.1 Å². The lowest BCUT2D eigenvalue weighted by molar-refractivity contribution is -0.384.